The molecule has 166 valence electrons. The zero-order valence-corrected chi connectivity index (χ0v) is 20.0. The van der Waals surface area contributed by atoms with Crippen LogP contribution in [0, 0.1) is 11.8 Å². The summed E-state index contributed by atoms with van der Waals surface area (Å²) in [6, 6.07) is 17.7. The molecule has 0 bridgehead atoms. The Balaban J connectivity index is 1.72. The van der Waals surface area contributed by atoms with Crippen LogP contribution in [0.3, 0.4) is 0 Å². The molecule has 0 fully saturated rings. The first-order valence-electron chi connectivity index (χ1n) is 12.4. The lowest BCUT2D eigenvalue weighted by Gasteiger charge is -2.13. The van der Waals surface area contributed by atoms with Gasteiger partial charge in [-0.15, -0.1) is 0 Å². The fraction of sp³-hybridized carbons (Fsp3) is 0.586. The molecule has 0 N–H and O–H groups in total. The fourth-order valence-electron chi connectivity index (χ4n) is 3.94. The van der Waals surface area contributed by atoms with E-state index in [-0.39, 0.29) is 0 Å². The van der Waals surface area contributed by atoms with Crippen LogP contribution in [0.4, 0.5) is 0 Å². The molecular formula is C29H44O. The minimum atomic E-state index is 0.744. The van der Waals surface area contributed by atoms with Gasteiger partial charge in [-0.1, -0.05) is 109 Å². The Morgan fingerprint density at radius 2 is 1.30 bits per heavy atom. The molecule has 0 aliphatic heterocycles. The topological polar surface area (TPSA) is 9.23 Å². The smallest absolute Gasteiger partial charge is 0.119 e. The average molecular weight is 409 g/mol. The summed E-state index contributed by atoms with van der Waals surface area (Å²) in [5, 5.41) is 0. The van der Waals surface area contributed by atoms with Crippen LogP contribution >= 0.6 is 0 Å². The van der Waals surface area contributed by atoms with Crippen LogP contribution in [-0.2, 0) is 6.42 Å². The van der Waals surface area contributed by atoms with Gasteiger partial charge in [0.1, 0.15) is 5.75 Å². The monoisotopic (exact) mass is 408 g/mol. The van der Waals surface area contributed by atoms with Crippen molar-refractivity contribution in [3.05, 3.63) is 54.1 Å². The maximum atomic E-state index is 5.99. The largest absolute Gasteiger partial charge is 0.494 e. The van der Waals surface area contributed by atoms with E-state index in [1.165, 1.54) is 74.5 Å². The SMILES string of the molecule is CCCCCCCc1ccc(-c2ccc(OCCC(C)CCCC(C)C)cc2)cc1. The van der Waals surface area contributed by atoms with Gasteiger partial charge in [-0.3, -0.25) is 0 Å². The predicted molar refractivity (Wildman–Crippen MR) is 132 cm³/mol. The van der Waals surface area contributed by atoms with E-state index in [9.17, 15) is 0 Å². The molecule has 0 saturated heterocycles. The summed E-state index contributed by atoms with van der Waals surface area (Å²) in [4.78, 5) is 0. The van der Waals surface area contributed by atoms with Crippen molar-refractivity contribution >= 4 is 0 Å². The molecule has 2 rings (SSSR count). The maximum Gasteiger partial charge on any atom is 0.119 e. The number of hydrogen-bond donors (Lipinski definition) is 0. The summed E-state index contributed by atoms with van der Waals surface area (Å²) >= 11 is 0. The lowest BCUT2D eigenvalue weighted by atomic mass is 9.98. The first-order valence-corrected chi connectivity index (χ1v) is 12.4. The molecule has 1 nitrogen and oxygen atoms in total. The first-order chi connectivity index (χ1) is 14.6. The van der Waals surface area contributed by atoms with Crippen molar-refractivity contribution < 1.29 is 4.74 Å². The molecular weight excluding hydrogens is 364 g/mol. The van der Waals surface area contributed by atoms with E-state index in [0.717, 1.165) is 30.6 Å². The lowest BCUT2D eigenvalue weighted by Crippen LogP contribution is -2.04. The third-order valence-electron chi connectivity index (χ3n) is 6.07. The lowest BCUT2D eigenvalue weighted by molar-refractivity contribution is 0.276. The first kappa shape index (κ1) is 24.5. The summed E-state index contributed by atoms with van der Waals surface area (Å²) in [5.74, 6) is 2.55. The molecule has 1 atom stereocenters. The number of benzene rings is 2. The second-order valence-corrected chi connectivity index (χ2v) is 9.45. The molecule has 2 aromatic carbocycles. The highest BCUT2D eigenvalue weighted by Gasteiger charge is 2.05. The van der Waals surface area contributed by atoms with Gasteiger partial charge in [0.2, 0.25) is 0 Å². The molecule has 0 aliphatic carbocycles. The predicted octanol–water partition coefficient (Wildman–Crippen LogP) is 9.10. The van der Waals surface area contributed by atoms with Gasteiger partial charge in [0.05, 0.1) is 6.61 Å². The zero-order chi connectivity index (χ0) is 21.6. The molecule has 0 heterocycles. The van der Waals surface area contributed by atoms with E-state index >= 15 is 0 Å². The second kappa shape index (κ2) is 14.3. The van der Waals surface area contributed by atoms with Crippen molar-refractivity contribution in [3.8, 4) is 16.9 Å². The Labute approximate surface area is 186 Å². The quantitative estimate of drug-likeness (QED) is 0.267. The minimum Gasteiger partial charge on any atom is -0.494 e. The Morgan fingerprint density at radius 1 is 0.667 bits per heavy atom. The van der Waals surface area contributed by atoms with Gasteiger partial charge in [-0.25, -0.2) is 0 Å². The number of aryl methyl sites for hydroxylation is 1. The molecule has 1 unspecified atom stereocenters. The van der Waals surface area contributed by atoms with Crippen molar-refractivity contribution in [1.29, 1.82) is 0 Å². The normalized spacial score (nSPS) is 12.3. The third kappa shape index (κ3) is 9.83. The Hall–Kier alpha value is -1.76. The molecule has 1 heteroatoms. The van der Waals surface area contributed by atoms with Gasteiger partial charge in [0.25, 0.3) is 0 Å². The minimum absolute atomic E-state index is 0.744. The van der Waals surface area contributed by atoms with Gasteiger partial charge < -0.3 is 4.74 Å². The van der Waals surface area contributed by atoms with Gasteiger partial charge >= 0.3 is 0 Å². The van der Waals surface area contributed by atoms with Crippen LogP contribution in [0.25, 0.3) is 11.1 Å². The molecule has 30 heavy (non-hydrogen) atoms. The molecule has 2 aromatic rings. The van der Waals surface area contributed by atoms with E-state index in [1.54, 1.807) is 0 Å². The highest BCUT2D eigenvalue weighted by Crippen LogP contribution is 2.24. The van der Waals surface area contributed by atoms with Crippen LogP contribution in [0.15, 0.2) is 48.5 Å². The van der Waals surface area contributed by atoms with Gasteiger partial charge in [-0.05, 0) is 59.9 Å². The summed E-state index contributed by atoms with van der Waals surface area (Å²) in [7, 11) is 0. The summed E-state index contributed by atoms with van der Waals surface area (Å²) < 4.78 is 5.99. The number of rotatable bonds is 15. The van der Waals surface area contributed by atoms with E-state index in [4.69, 9.17) is 4.74 Å². The molecule has 0 aliphatic rings. The molecule has 0 saturated carbocycles. The summed E-state index contributed by atoms with van der Waals surface area (Å²) in [6.45, 7) is 10.0. The van der Waals surface area contributed by atoms with Crippen LogP contribution in [0.5, 0.6) is 5.75 Å². The molecule has 0 spiro atoms. The fourth-order valence-corrected chi connectivity index (χ4v) is 3.94. The Bertz CT molecular complexity index is 669. The number of hydrogen-bond acceptors (Lipinski definition) is 1. The standard InChI is InChI=1S/C29H44O/c1-5-6-7-8-9-13-26-14-16-27(17-15-26)28-18-20-29(21-19-28)30-23-22-25(4)12-10-11-24(2)3/h14-21,24-25H,5-13,22-23H2,1-4H3. The van der Waals surface area contributed by atoms with E-state index in [1.807, 2.05) is 0 Å². The number of unbranched alkanes of at least 4 members (excludes halogenated alkanes) is 4. The molecule has 0 amide bonds. The zero-order valence-electron chi connectivity index (χ0n) is 20.0. The highest BCUT2D eigenvalue weighted by atomic mass is 16.5. The number of ether oxygens (including phenoxy) is 1. The summed E-state index contributed by atoms with van der Waals surface area (Å²) in [6.07, 6.45) is 13.1. The second-order valence-electron chi connectivity index (χ2n) is 9.45. The van der Waals surface area contributed by atoms with Crippen molar-refractivity contribution in [2.24, 2.45) is 11.8 Å². The Morgan fingerprint density at radius 3 is 1.93 bits per heavy atom. The van der Waals surface area contributed by atoms with E-state index in [2.05, 4.69) is 76.2 Å². The van der Waals surface area contributed by atoms with E-state index < -0.39 is 0 Å². The van der Waals surface area contributed by atoms with Crippen LogP contribution in [0.1, 0.15) is 91.0 Å². The van der Waals surface area contributed by atoms with Crippen LogP contribution in [-0.4, -0.2) is 6.61 Å². The van der Waals surface area contributed by atoms with Gasteiger partial charge in [0, 0.05) is 0 Å². The van der Waals surface area contributed by atoms with Crippen molar-refractivity contribution in [3.63, 3.8) is 0 Å². The molecule has 0 radical (unpaired) electrons. The van der Waals surface area contributed by atoms with Crippen molar-refractivity contribution in [2.45, 2.75) is 91.9 Å². The molecule has 0 aromatic heterocycles. The average Bonchev–Trinajstić information content (AvgIpc) is 2.74. The highest BCUT2D eigenvalue weighted by molar-refractivity contribution is 5.64. The van der Waals surface area contributed by atoms with Crippen molar-refractivity contribution in [1.82, 2.24) is 0 Å². The van der Waals surface area contributed by atoms with Gasteiger partial charge in [0.15, 0.2) is 0 Å². The van der Waals surface area contributed by atoms with Crippen LogP contribution < -0.4 is 4.74 Å². The van der Waals surface area contributed by atoms with Gasteiger partial charge in [-0.2, -0.15) is 0 Å². The Kier molecular flexibility index (Phi) is 11.7. The third-order valence-corrected chi connectivity index (χ3v) is 6.07. The van der Waals surface area contributed by atoms with E-state index in [0.29, 0.717) is 0 Å². The maximum absolute atomic E-state index is 5.99. The van der Waals surface area contributed by atoms with Crippen LogP contribution in [0.2, 0.25) is 0 Å². The summed E-state index contributed by atoms with van der Waals surface area (Å²) in [5.41, 5.74) is 4.01. The van der Waals surface area contributed by atoms with Crippen molar-refractivity contribution in [2.75, 3.05) is 6.61 Å².